The van der Waals surface area contributed by atoms with E-state index in [-0.39, 0.29) is 18.6 Å². The summed E-state index contributed by atoms with van der Waals surface area (Å²) in [6.45, 7) is -0.0782. The van der Waals surface area contributed by atoms with Crippen LogP contribution in [0, 0.1) is 0 Å². The van der Waals surface area contributed by atoms with Crippen molar-refractivity contribution < 1.29 is 27.4 Å². The first-order valence-electron chi connectivity index (χ1n) is 8.71. The summed E-state index contributed by atoms with van der Waals surface area (Å²) in [5.41, 5.74) is 2.06. The van der Waals surface area contributed by atoms with Crippen molar-refractivity contribution in [2.75, 3.05) is 26.3 Å². The molecule has 3 rings (SSSR count). The Hall–Kier alpha value is -1.90. The lowest BCUT2D eigenvalue weighted by Crippen LogP contribution is -2.42. The summed E-state index contributed by atoms with van der Waals surface area (Å²) in [6, 6.07) is 14.2. The summed E-state index contributed by atoms with van der Waals surface area (Å²) in [5, 5.41) is 0. The number of hydrogen-bond acceptors (Lipinski definition) is 3. The quantitative estimate of drug-likeness (QED) is 0.650. The fourth-order valence-electron chi connectivity index (χ4n) is 2.92. The summed E-state index contributed by atoms with van der Waals surface area (Å²) in [6.07, 6.45) is -4.54. The Morgan fingerprint density at radius 3 is 2.46 bits per heavy atom. The molecule has 1 atom stereocenters. The Kier molecular flexibility index (Phi) is 6.74. The van der Waals surface area contributed by atoms with Gasteiger partial charge in [-0.3, -0.25) is 4.79 Å². The number of benzene rings is 2. The normalized spacial score (nSPS) is 17.6. The third kappa shape index (κ3) is 5.80. The van der Waals surface area contributed by atoms with E-state index in [4.69, 9.17) is 4.74 Å². The molecule has 8 heteroatoms. The van der Waals surface area contributed by atoms with E-state index in [1.54, 1.807) is 29.2 Å². The van der Waals surface area contributed by atoms with Gasteiger partial charge in [-0.05, 0) is 35.4 Å². The van der Waals surface area contributed by atoms with E-state index in [0.29, 0.717) is 30.8 Å². The summed E-state index contributed by atoms with van der Waals surface area (Å²) in [7, 11) is 0. The smallest absolute Gasteiger partial charge is 0.370 e. The van der Waals surface area contributed by atoms with Crippen LogP contribution in [0.25, 0.3) is 0 Å². The van der Waals surface area contributed by atoms with Crippen molar-refractivity contribution in [1.29, 1.82) is 0 Å². The van der Waals surface area contributed by atoms with Gasteiger partial charge in [0.1, 0.15) is 12.7 Å². The van der Waals surface area contributed by atoms with Crippen LogP contribution in [0.15, 0.2) is 53.0 Å². The molecule has 28 heavy (non-hydrogen) atoms. The molecule has 0 spiro atoms. The van der Waals surface area contributed by atoms with Crippen LogP contribution < -0.4 is 0 Å². The van der Waals surface area contributed by atoms with Gasteiger partial charge < -0.3 is 14.4 Å². The van der Waals surface area contributed by atoms with Crippen molar-refractivity contribution in [3.05, 3.63) is 69.7 Å². The number of alkyl halides is 3. The predicted molar refractivity (Wildman–Crippen MR) is 101 cm³/mol. The van der Waals surface area contributed by atoms with E-state index in [1.807, 2.05) is 24.3 Å². The van der Waals surface area contributed by atoms with Crippen molar-refractivity contribution >= 4 is 21.8 Å². The van der Waals surface area contributed by atoms with E-state index in [0.717, 1.165) is 10.0 Å². The molecule has 0 saturated carbocycles. The van der Waals surface area contributed by atoms with Gasteiger partial charge in [-0.1, -0.05) is 40.2 Å². The van der Waals surface area contributed by atoms with Crippen LogP contribution in [-0.2, 0) is 16.1 Å². The van der Waals surface area contributed by atoms with Gasteiger partial charge in [-0.25, -0.2) is 0 Å². The van der Waals surface area contributed by atoms with E-state index in [9.17, 15) is 18.0 Å². The standard InChI is InChI=1S/C20H19BrF3NO3/c21-17-7-5-15(6-8-17)18-11-25(9-10-28-18)19(26)16-3-1-14(2-4-16)12-27-13-20(22,23)24/h1-8,18H,9-13H2. The maximum atomic E-state index is 12.8. The van der Waals surface area contributed by atoms with Crippen LogP contribution in [0.2, 0.25) is 0 Å². The molecule has 150 valence electrons. The lowest BCUT2D eigenvalue weighted by Gasteiger charge is -2.33. The number of halogens is 4. The lowest BCUT2D eigenvalue weighted by atomic mass is 10.1. The van der Waals surface area contributed by atoms with Gasteiger partial charge in [0, 0.05) is 16.6 Å². The minimum Gasteiger partial charge on any atom is -0.370 e. The molecule has 0 radical (unpaired) electrons. The first kappa shape index (κ1) is 20.8. The number of amides is 1. The van der Waals surface area contributed by atoms with Crippen molar-refractivity contribution in [3.63, 3.8) is 0 Å². The number of hydrogen-bond donors (Lipinski definition) is 0. The highest BCUT2D eigenvalue weighted by atomic mass is 79.9. The molecule has 0 aromatic heterocycles. The second-order valence-electron chi connectivity index (χ2n) is 6.47. The zero-order valence-corrected chi connectivity index (χ0v) is 16.5. The average molecular weight is 458 g/mol. The number of morpholine rings is 1. The molecule has 1 unspecified atom stereocenters. The highest BCUT2D eigenvalue weighted by molar-refractivity contribution is 9.10. The number of carbonyl (C=O) groups is 1. The van der Waals surface area contributed by atoms with Gasteiger partial charge in [-0.2, -0.15) is 13.2 Å². The fourth-order valence-corrected chi connectivity index (χ4v) is 3.19. The molecule has 1 fully saturated rings. The Labute approximate surface area is 169 Å². The van der Waals surface area contributed by atoms with E-state index >= 15 is 0 Å². The second kappa shape index (κ2) is 9.07. The van der Waals surface area contributed by atoms with Crippen LogP contribution in [0.5, 0.6) is 0 Å². The van der Waals surface area contributed by atoms with Gasteiger partial charge in [-0.15, -0.1) is 0 Å². The molecular formula is C20H19BrF3NO3. The molecule has 2 aromatic rings. The predicted octanol–water partition coefficient (Wildman–Crippen LogP) is 4.74. The first-order valence-corrected chi connectivity index (χ1v) is 9.51. The third-order valence-electron chi connectivity index (χ3n) is 4.33. The summed E-state index contributed by atoms with van der Waals surface area (Å²) in [4.78, 5) is 14.5. The summed E-state index contributed by atoms with van der Waals surface area (Å²) in [5.74, 6) is -0.131. The molecule has 0 aliphatic carbocycles. The number of carbonyl (C=O) groups excluding carboxylic acids is 1. The molecular weight excluding hydrogens is 439 g/mol. The first-order chi connectivity index (χ1) is 13.3. The Bertz CT molecular complexity index is 794. The monoisotopic (exact) mass is 457 g/mol. The molecule has 2 aromatic carbocycles. The lowest BCUT2D eigenvalue weighted by molar-refractivity contribution is -0.176. The van der Waals surface area contributed by atoms with Crippen LogP contribution in [0.4, 0.5) is 13.2 Å². The maximum absolute atomic E-state index is 12.8. The minimum atomic E-state index is -4.35. The largest absolute Gasteiger partial charge is 0.411 e. The van der Waals surface area contributed by atoms with Crippen molar-refractivity contribution in [1.82, 2.24) is 4.90 Å². The molecule has 1 amide bonds. The van der Waals surface area contributed by atoms with Crippen LogP contribution in [0.3, 0.4) is 0 Å². The van der Waals surface area contributed by atoms with Gasteiger partial charge in [0.25, 0.3) is 5.91 Å². The van der Waals surface area contributed by atoms with Crippen LogP contribution in [-0.4, -0.2) is 43.3 Å². The topological polar surface area (TPSA) is 38.8 Å². The van der Waals surface area contributed by atoms with Gasteiger partial charge in [0.05, 0.1) is 19.8 Å². The number of rotatable bonds is 5. The Balaban J connectivity index is 1.59. The highest BCUT2D eigenvalue weighted by Gasteiger charge is 2.28. The Morgan fingerprint density at radius 2 is 1.82 bits per heavy atom. The minimum absolute atomic E-state index is 0.131. The van der Waals surface area contributed by atoms with Crippen molar-refractivity contribution in [3.8, 4) is 0 Å². The number of nitrogens with zero attached hydrogens (tertiary/aromatic N) is 1. The summed E-state index contributed by atoms with van der Waals surface area (Å²) >= 11 is 3.40. The number of ether oxygens (including phenoxy) is 2. The molecule has 0 N–H and O–H groups in total. The molecule has 1 aliphatic rings. The molecule has 4 nitrogen and oxygen atoms in total. The highest BCUT2D eigenvalue weighted by Crippen LogP contribution is 2.25. The fraction of sp³-hybridized carbons (Fsp3) is 0.350. The second-order valence-corrected chi connectivity index (χ2v) is 7.38. The Morgan fingerprint density at radius 1 is 1.14 bits per heavy atom. The summed E-state index contributed by atoms with van der Waals surface area (Å²) < 4.78 is 47.8. The van der Waals surface area contributed by atoms with E-state index in [1.165, 1.54) is 0 Å². The molecule has 1 saturated heterocycles. The van der Waals surface area contributed by atoms with Crippen LogP contribution >= 0.6 is 15.9 Å². The van der Waals surface area contributed by atoms with Gasteiger partial charge >= 0.3 is 6.18 Å². The molecule has 1 heterocycles. The zero-order chi connectivity index (χ0) is 20.1. The van der Waals surface area contributed by atoms with Crippen molar-refractivity contribution in [2.24, 2.45) is 0 Å². The van der Waals surface area contributed by atoms with E-state index < -0.39 is 12.8 Å². The van der Waals surface area contributed by atoms with Crippen LogP contribution in [0.1, 0.15) is 27.6 Å². The average Bonchev–Trinajstić information content (AvgIpc) is 2.68. The third-order valence-corrected chi connectivity index (χ3v) is 4.86. The van der Waals surface area contributed by atoms with Gasteiger partial charge in [0.15, 0.2) is 0 Å². The zero-order valence-electron chi connectivity index (χ0n) is 14.9. The molecule has 0 bridgehead atoms. The van der Waals surface area contributed by atoms with Gasteiger partial charge in [0.2, 0.25) is 0 Å². The van der Waals surface area contributed by atoms with Crippen molar-refractivity contribution in [2.45, 2.75) is 18.9 Å². The van der Waals surface area contributed by atoms with E-state index in [2.05, 4.69) is 20.7 Å². The maximum Gasteiger partial charge on any atom is 0.411 e. The molecule has 1 aliphatic heterocycles. The SMILES string of the molecule is O=C(c1ccc(COCC(F)(F)F)cc1)N1CCOC(c2ccc(Br)cc2)C1.